The largest absolute Gasteiger partial charge is 0.325 e. The molecule has 0 aromatic rings. The summed E-state index contributed by atoms with van der Waals surface area (Å²) in [5.74, 6) is 3.11. The van der Waals surface area contributed by atoms with Crippen LogP contribution in [0.5, 0.6) is 0 Å². The molecule has 2 N–H and O–H groups in total. The van der Waals surface area contributed by atoms with Gasteiger partial charge in [-0.05, 0) is 30.6 Å². The molecular weight excluding hydrogens is 86.1 g/mol. The summed E-state index contributed by atoms with van der Waals surface area (Å²) in [5, 5.41) is 0. The molecule has 38 valence electrons. The van der Waals surface area contributed by atoms with Crippen molar-refractivity contribution in [1.29, 1.82) is 0 Å². The fourth-order valence-electron chi connectivity index (χ4n) is 2.78. The van der Waals surface area contributed by atoms with Crippen LogP contribution >= 0.6 is 0 Å². The van der Waals surface area contributed by atoms with E-state index in [1.807, 2.05) is 0 Å². The molecule has 0 saturated heterocycles. The second-order valence-electron chi connectivity index (χ2n) is 3.44. The van der Waals surface area contributed by atoms with Crippen molar-refractivity contribution in [3.8, 4) is 0 Å². The first-order chi connectivity index (χ1) is 3.32. The molecule has 1 heteroatoms. The molecule has 3 aliphatic rings. The maximum atomic E-state index is 5.88. The molecule has 0 amide bonds. The first kappa shape index (κ1) is 3.08. The lowest BCUT2D eigenvalue weighted by Crippen LogP contribution is -2.36. The van der Waals surface area contributed by atoms with Gasteiger partial charge in [-0.3, -0.25) is 0 Å². The Morgan fingerprint density at radius 1 is 1.57 bits per heavy atom. The lowest BCUT2D eigenvalue weighted by molar-refractivity contribution is 0.217. The Balaban J connectivity index is 2.16. The predicted octanol–water partition coefficient (Wildman–Crippen LogP) is 0.353. The molecule has 1 nitrogen and oxygen atoms in total. The van der Waals surface area contributed by atoms with Crippen LogP contribution in [0.2, 0.25) is 0 Å². The highest BCUT2D eigenvalue weighted by Crippen LogP contribution is 2.78. The Bertz CT molecular complexity index is 137. The van der Waals surface area contributed by atoms with Crippen molar-refractivity contribution in [2.24, 2.45) is 23.5 Å². The molecule has 3 saturated carbocycles. The van der Waals surface area contributed by atoms with Crippen LogP contribution in [0.15, 0.2) is 0 Å². The zero-order valence-electron chi connectivity index (χ0n) is 4.22. The van der Waals surface area contributed by atoms with Gasteiger partial charge in [0, 0.05) is 5.54 Å². The molecule has 0 aromatic heterocycles. The zero-order chi connectivity index (χ0) is 4.65. The van der Waals surface area contributed by atoms with Crippen molar-refractivity contribution in [2.45, 2.75) is 18.4 Å². The van der Waals surface area contributed by atoms with Crippen LogP contribution in [-0.4, -0.2) is 5.54 Å². The SMILES string of the molecule is NC12CC3CC1C32. The first-order valence-corrected chi connectivity index (χ1v) is 3.11. The minimum Gasteiger partial charge on any atom is -0.325 e. The van der Waals surface area contributed by atoms with Gasteiger partial charge in [0.25, 0.3) is 0 Å². The minimum atomic E-state index is 0.421. The van der Waals surface area contributed by atoms with Gasteiger partial charge in [0.05, 0.1) is 0 Å². The van der Waals surface area contributed by atoms with E-state index in [1.54, 1.807) is 0 Å². The maximum absolute atomic E-state index is 5.88. The van der Waals surface area contributed by atoms with Crippen LogP contribution in [-0.2, 0) is 0 Å². The Labute approximate surface area is 42.9 Å². The van der Waals surface area contributed by atoms with E-state index in [0.29, 0.717) is 5.54 Å². The molecular formula is C6H9N. The van der Waals surface area contributed by atoms with Crippen molar-refractivity contribution in [3.63, 3.8) is 0 Å². The smallest absolute Gasteiger partial charge is 0.0223 e. The summed E-state index contributed by atoms with van der Waals surface area (Å²) in [6, 6.07) is 0. The molecule has 3 fully saturated rings. The molecule has 0 heterocycles. The topological polar surface area (TPSA) is 26.0 Å². The van der Waals surface area contributed by atoms with E-state index in [9.17, 15) is 0 Å². The normalized spacial score (nSPS) is 81.0. The summed E-state index contributed by atoms with van der Waals surface area (Å²) in [6.45, 7) is 0. The maximum Gasteiger partial charge on any atom is 0.0223 e. The van der Waals surface area contributed by atoms with Crippen molar-refractivity contribution in [3.05, 3.63) is 0 Å². The summed E-state index contributed by atoms with van der Waals surface area (Å²) in [5.41, 5.74) is 6.30. The molecule has 0 aliphatic heterocycles. The Morgan fingerprint density at radius 3 is 2.43 bits per heavy atom. The summed E-state index contributed by atoms with van der Waals surface area (Å²) in [6.07, 6.45) is 2.84. The Kier molecular flexibility index (Phi) is 0.224. The van der Waals surface area contributed by atoms with Crippen LogP contribution in [0.25, 0.3) is 0 Å². The van der Waals surface area contributed by atoms with Gasteiger partial charge >= 0.3 is 0 Å². The number of nitrogens with two attached hydrogens (primary N) is 1. The highest BCUT2D eigenvalue weighted by Gasteiger charge is 2.80. The molecule has 3 aliphatic carbocycles. The van der Waals surface area contributed by atoms with Crippen LogP contribution in [0.4, 0.5) is 0 Å². The Morgan fingerprint density at radius 2 is 2.43 bits per heavy atom. The molecule has 4 atom stereocenters. The molecule has 0 spiro atoms. The van der Waals surface area contributed by atoms with E-state index < -0.39 is 0 Å². The highest BCUT2D eigenvalue weighted by molar-refractivity contribution is 5.34. The van der Waals surface area contributed by atoms with Crippen LogP contribution in [0.1, 0.15) is 12.8 Å². The van der Waals surface area contributed by atoms with Gasteiger partial charge in [-0.25, -0.2) is 0 Å². The molecule has 0 aromatic carbocycles. The number of hydrogen-bond acceptors (Lipinski definition) is 1. The van der Waals surface area contributed by atoms with Crippen LogP contribution < -0.4 is 5.73 Å². The average molecular weight is 95.1 g/mol. The van der Waals surface area contributed by atoms with E-state index in [0.717, 1.165) is 17.8 Å². The molecule has 4 unspecified atom stereocenters. The summed E-state index contributed by atoms with van der Waals surface area (Å²) in [7, 11) is 0. The highest BCUT2D eigenvalue weighted by atomic mass is 15.0. The molecule has 3 rings (SSSR count). The summed E-state index contributed by atoms with van der Waals surface area (Å²) < 4.78 is 0. The second-order valence-corrected chi connectivity index (χ2v) is 3.44. The van der Waals surface area contributed by atoms with Gasteiger partial charge in [-0.1, -0.05) is 0 Å². The van der Waals surface area contributed by atoms with E-state index in [-0.39, 0.29) is 0 Å². The predicted molar refractivity (Wildman–Crippen MR) is 26.6 cm³/mol. The van der Waals surface area contributed by atoms with E-state index in [2.05, 4.69) is 0 Å². The fraction of sp³-hybridized carbons (Fsp3) is 1.00. The molecule has 0 bridgehead atoms. The molecule has 0 radical (unpaired) electrons. The van der Waals surface area contributed by atoms with Crippen molar-refractivity contribution in [2.75, 3.05) is 0 Å². The first-order valence-electron chi connectivity index (χ1n) is 3.11. The third kappa shape index (κ3) is 0.129. The van der Waals surface area contributed by atoms with E-state index in [4.69, 9.17) is 5.73 Å². The number of hydrogen-bond donors (Lipinski definition) is 1. The van der Waals surface area contributed by atoms with Gasteiger partial charge < -0.3 is 5.73 Å². The third-order valence-electron chi connectivity index (χ3n) is 3.32. The average Bonchev–Trinajstić information content (AvgIpc) is 2.00. The number of rotatable bonds is 0. The standard InChI is InChI=1S/C6H9N/c7-6-2-3-1-4(6)5(3)6/h3-5H,1-2,7H2. The monoisotopic (exact) mass is 95.1 g/mol. The van der Waals surface area contributed by atoms with E-state index in [1.165, 1.54) is 12.8 Å². The van der Waals surface area contributed by atoms with Crippen LogP contribution in [0.3, 0.4) is 0 Å². The number of fused-ring (bicyclic) bond motifs is 1. The Hall–Kier alpha value is -0.0400. The van der Waals surface area contributed by atoms with Gasteiger partial charge in [0.15, 0.2) is 0 Å². The quantitative estimate of drug-likeness (QED) is 0.461. The zero-order valence-corrected chi connectivity index (χ0v) is 4.22. The van der Waals surface area contributed by atoms with Crippen LogP contribution in [0, 0.1) is 17.8 Å². The second kappa shape index (κ2) is 0.510. The van der Waals surface area contributed by atoms with Crippen molar-refractivity contribution < 1.29 is 0 Å². The van der Waals surface area contributed by atoms with Gasteiger partial charge in [-0.15, -0.1) is 0 Å². The summed E-state index contributed by atoms with van der Waals surface area (Å²) in [4.78, 5) is 0. The lowest BCUT2D eigenvalue weighted by atomic mass is 9.77. The van der Waals surface area contributed by atoms with E-state index >= 15 is 0 Å². The van der Waals surface area contributed by atoms with Crippen molar-refractivity contribution in [1.82, 2.24) is 0 Å². The third-order valence-corrected chi connectivity index (χ3v) is 3.32. The van der Waals surface area contributed by atoms with Crippen molar-refractivity contribution >= 4 is 0 Å². The van der Waals surface area contributed by atoms with Gasteiger partial charge in [0.1, 0.15) is 0 Å². The van der Waals surface area contributed by atoms with Gasteiger partial charge in [0.2, 0.25) is 0 Å². The summed E-state index contributed by atoms with van der Waals surface area (Å²) >= 11 is 0. The fourth-order valence-corrected chi connectivity index (χ4v) is 2.78. The van der Waals surface area contributed by atoms with Gasteiger partial charge in [-0.2, -0.15) is 0 Å². The molecule has 7 heavy (non-hydrogen) atoms. The lowest BCUT2D eigenvalue weighted by Gasteiger charge is -2.30. The minimum absolute atomic E-state index is 0.421.